The molecule has 2 N–H and O–H groups in total. The summed E-state index contributed by atoms with van der Waals surface area (Å²) in [5, 5.41) is 17.8. The summed E-state index contributed by atoms with van der Waals surface area (Å²) in [5.41, 5.74) is 0.900. The van der Waals surface area contributed by atoms with Crippen LogP contribution in [0.1, 0.15) is 5.56 Å². The minimum Gasteiger partial charge on any atom is -0.394 e. The van der Waals surface area contributed by atoms with E-state index in [1.54, 1.807) is 12.1 Å². The van der Waals surface area contributed by atoms with Crippen molar-refractivity contribution in [3.05, 3.63) is 34.6 Å². The van der Waals surface area contributed by atoms with Crippen molar-refractivity contribution in [2.45, 2.75) is 11.9 Å². The van der Waals surface area contributed by atoms with Crippen molar-refractivity contribution in [2.24, 2.45) is 0 Å². The van der Waals surface area contributed by atoms with Gasteiger partial charge in [0.2, 0.25) is 0 Å². The zero-order valence-corrected chi connectivity index (χ0v) is 9.56. The summed E-state index contributed by atoms with van der Waals surface area (Å²) < 4.78 is 12.8. The molecule has 0 aliphatic carbocycles. The van der Waals surface area contributed by atoms with E-state index >= 15 is 0 Å². The number of thioether (sulfide) groups is 1. The van der Waals surface area contributed by atoms with Crippen molar-refractivity contribution < 1.29 is 14.6 Å². The van der Waals surface area contributed by atoms with Crippen molar-refractivity contribution in [3.8, 4) is 0 Å². The van der Waals surface area contributed by atoms with E-state index in [-0.39, 0.29) is 11.6 Å². The molecule has 0 aliphatic rings. The van der Waals surface area contributed by atoms with Gasteiger partial charge in [-0.1, -0.05) is 17.7 Å². The summed E-state index contributed by atoms with van der Waals surface area (Å²) in [7, 11) is 0. The molecule has 0 aromatic heterocycles. The van der Waals surface area contributed by atoms with E-state index in [2.05, 4.69) is 0 Å². The lowest BCUT2D eigenvalue weighted by Crippen LogP contribution is -2.14. The van der Waals surface area contributed by atoms with Crippen LogP contribution in [0.15, 0.2) is 18.2 Å². The molecule has 1 aromatic carbocycles. The van der Waals surface area contributed by atoms with Crippen LogP contribution in [0, 0.1) is 5.82 Å². The summed E-state index contributed by atoms with van der Waals surface area (Å²) in [6, 6.07) is 4.54. The van der Waals surface area contributed by atoms with Gasteiger partial charge in [-0.2, -0.15) is 11.8 Å². The number of benzene rings is 1. The van der Waals surface area contributed by atoms with Crippen LogP contribution in [0.4, 0.5) is 4.39 Å². The molecule has 1 aromatic rings. The van der Waals surface area contributed by atoms with Crippen molar-refractivity contribution in [1.82, 2.24) is 0 Å². The molecule has 84 valence electrons. The van der Waals surface area contributed by atoms with E-state index in [1.807, 2.05) is 0 Å². The van der Waals surface area contributed by atoms with E-state index in [0.29, 0.717) is 11.5 Å². The lowest BCUT2D eigenvalue weighted by atomic mass is 10.2. The number of rotatable bonds is 5. The van der Waals surface area contributed by atoms with E-state index in [9.17, 15) is 4.39 Å². The number of hydrogen-bond donors (Lipinski definition) is 2. The van der Waals surface area contributed by atoms with Gasteiger partial charge in [0.25, 0.3) is 0 Å². The Hall–Kier alpha value is -0.290. The minimum atomic E-state index is -0.703. The highest BCUT2D eigenvalue weighted by atomic mass is 35.5. The van der Waals surface area contributed by atoms with Crippen LogP contribution in [0.5, 0.6) is 0 Å². The van der Waals surface area contributed by atoms with Gasteiger partial charge in [-0.15, -0.1) is 0 Å². The van der Waals surface area contributed by atoms with Crippen LogP contribution < -0.4 is 0 Å². The Bertz CT molecular complexity index is 322. The second-order valence-electron chi connectivity index (χ2n) is 3.10. The molecule has 0 spiro atoms. The topological polar surface area (TPSA) is 40.5 Å². The maximum Gasteiger partial charge on any atom is 0.141 e. The maximum absolute atomic E-state index is 12.8. The molecule has 0 amide bonds. The van der Waals surface area contributed by atoms with Gasteiger partial charge in [0, 0.05) is 11.5 Å². The van der Waals surface area contributed by atoms with Crippen LogP contribution in [0.3, 0.4) is 0 Å². The number of aliphatic hydroxyl groups is 2. The summed E-state index contributed by atoms with van der Waals surface area (Å²) in [5.74, 6) is 0.656. The van der Waals surface area contributed by atoms with Gasteiger partial charge >= 0.3 is 0 Å². The summed E-state index contributed by atoms with van der Waals surface area (Å²) in [6.07, 6.45) is -0.703. The average molecular weight is 251 g/mol. The molecule has 1 rings (SSSR count). The SMILES string of the molecule is OCC(O)CSCc1ccc(F)c(Cl)c1. The first-order valence-corrected chi connectivity index (χ1v) is 5.97. The highest BCUT2D eigenvalue weighted by Crippen LogP contribution is 2.19. The Kier molecular flexibility index (Phi) is 5.39. The van der Waals surface area contributed by atoms with Crippen LogP contribution in [0.2, 0.25) is 5.02 Å². The molecule has 15 heavy (non-hydrogen) atoms. The lowest BCUT2D eigenvalue weighted by molar-refractivity contribution is 0.113. The third-order valence-electron chi connectivity index (χ3n) is 1.77. The van der Waals surface area contributed by atoms with Gasteiger partial charge in [-0.25, -0.2) is 4.39 Å². The molecular formula is C10H12ClFO2S. The molecular weight excluding hydrogens is 239 g/mol. The zero-order valence-electron chi connectivity index (χ0n) is 7.99. The fraction of sp³-hybridized carbons (Fsp3) is 0.400. The second-order valence-corrected chi connectivity index (χ2v) is 4.54. The Balaban J connectivity index is 2.41. The summed E-state index contributed by atoms with van der Waals surface area (Å²) in [6.45, 7) is -0.239. The Morgan fingerprint density at radius 3 is 2.80 bits per heavy atom. The van der Waals surface area contributed by atoms with E-state index < -0.39 is 11.9 Å². The molecule has 0 saturated carbocycles. The predicted molar refractivity (Wildman–Crippen MR) is 60.7 cm³/mol. The molecule has 1 unspecified atom stereocenters. The average Bonchev–Trinajstić information content (AvgIpc) is 2.23. The maximum atomic E-state index is 12.8. The van der Waals surface area contributed by atoms with Gasteiger partial charge < -0.3 is 10.2 Å². The Morgan fingerprint density at radius 1 is 1.47 bits per heavy atom. The molecule has 2 nitrogen and oxygen atoms in total. The number of halogens is 2. The molecule has 0 bridgehead atoms. The molecule has 5 heteroatoms. The zero-order chi connectivity index (χ0) is 11.3. The summed E-state index contributed by atoms with van der Waals surface area (Å²) >= 11 is 7.07. The molecule has 0 fully saturated rings. The van der Waals surface area contributed by atoms with Crippen molar-refractivity contribution >= 4 is 23.4 Å². The normalized spacial score (nSPS) is 12.8. The molecule has 0 aliphatic heterocycles. The highest BCUT2D eigenvalue weighted by Gasteiger charge is 2.04. The Morgan fingerprint density at radius 2 is 2.20 bits per heavy atom. The Labute approximate surface area is 97.1 Å². The summed E-state index contributed by atoms with van der Waals surface area (Å²) in [4.78, 5) is 0. The second kappa shape index (κ2) is 6.33. The van der Waals surface area contributed by atoms with Gasteiger partial charge in [0.15, 0.2) is 0 Å². The van der Waals surface area contributed by atoms with E-state index in [0.717, 1.165) is 5.56 Å². The monoisotopic (exact) mass is 250 g/mol. The fourth-order valence-electron chi connectivity index (χ4n) is 0.995. The van der Waals surface area contributed by atoms with Gasteiger partial charge in [0.05, 0.1) is 17.7 Å². The minimum absolute atomic E-state index is 0.107. The molecule has 0 radical (unpaired) electrons. The largest absolute Gasteiger partial charge is 0.394 e. The van der Waals surface area contributed by atoms with Gasteiger partial charge in [-0.05, 0) is 17.7 Å². The van der Waals surface area contributed by atoms with Crippen LogP contribution in [-0.4, -0.2) is 28.7 Å². The molecule has 0 saturated heterocycles. The van der Waals surface area contributed by atoms with Crippen LogP contribution in [-0.2, 0) is 5.75 Å². The van der Waals surface area contributed by atoms with Crippen LogP contribution in [0.25, 0.3) is 0 Å². The molecule has 0 heterocycles. The number of hydrogen-bond acceptors (Lipinski definition) is 3. The third-order valence-corrected chi connectivity index (χ3v) is 3.22. The van der Waals surface area contributed by atoms with Crippen molar-refractivity contribution in [3.63, 3.8) is 0 Å². The standard InChI is InChI=1S/C10H12ClFO2S/c11-9-3-7(1-2-10(9)12)5-15-6-8(14)4-13/h1-3,8,13-14H,4-6H2. The quantitative estimate of drug-likeness (QED) is 0.841. The molecule has 1 atom stereocenters. The highest BCUT2D eigenvalue weighted by molar-refractivity contribution is 7.98. The predicted octanol–water partition coefficient (Wildman–Crippen LogP) is 2.07. The van der Waals surface area contributed by atoms with Crippen LogP contribution >= 0.6 is 23.4 Å². The van der Waals surface area contributed by atoms with E-state index in [1.165, 1.54) is 17.8 Å². The first-order valence-electron chi connectivity index (χ1n) is 4.44. The van der Waals surface area contributed by atoms with Gasteiger partial charge in [-0.3, -0.25) is 0 Å². The first kappa shape index (κ1) is 12.8. The fourth-order valence-corrected chi connectivity index (χ4v) is 2.11. The first-order chi connectivity index (χ1) is 7.13. The van der Waals surface area contributed by atoms with Crippen molar-refractivity contribution in [2.75, 3.05) is 12.4 Å². The van der Waals surface area contributed by atoms with Crippen molar-refractivity contribution in [1.29, 1.82) is 0 Å². The van der Waals surface area contributed by atoms with E-state index in [4.69, 9.17) is 21.8 Å². The lowest BCUT2D eigenvalue weighted by Gasteiger charge is -2.06. The van der Waals surface area contributed by atoms with Gasteiger partial charge in [0.1, 0.15) is 5.82 Å². The smallest absolute Gasteiger partial charge is 0.141 e. The number of aliphatic hydroxyl groups excluding tert-OH is 2. The third kappa shape index (κ3) is 4.38.